The first-order chi connectivity index (χ1) is 6.18. The molecule has 0 amide bonds. The molecule has 0 radical (unpaired) electrons. The maximum absolute atomic E-state index is 11.0. The molecule has 0 saturated heterocycles. The highest BCUT2D eigenvalue weighted by atomic mass is 16.1. The van der Waals surface area contributed by atoms with Gasteiger partial charge in [0.25, 0.3) is 0 Å². The molecule has 0 aliphatic carbocycles. The molecule has 0 aromatic carbocycles. The van der Waals surface area contributed by atoms with Crippen molar-refractivity contribution in [1.82, 2.24) is 9.88 Å². The van der Waals surface area contributed by atoms with Gasteiger partial charge in [-0.15, -0.1) is 0 Å². The van der Waals surface area contributed by atoms with Gasteiger partial charge in [0.2, 0.25) is 5.56 Å². The van der Waals surface area contributed by atoms with Gasteiger partial charge in [-0.2, -0.15) is 0 Å². The van der Waals surface area contributed by atoms with Gasteiger partial charge in [0.1, 0.15) is 0 Å². The van der Waals surface area contributed by atoms with Crippen LogP contribution in [0.4, 0.5) is 0 Å². The summed E-state index contributed by atoms with van der Waals surface area (Å²) in [5, 5.41) is 0. The van der Waals surface area contributed by atoms with E-state index in [9.17, 15) is 4.79 Å². The highest BCUT2D eigenvalue weighted by Crippen LogP contribution is 2.25. The molecule has 1 N–H and O–H groups in total. The van der Waals surface area contributed by atoms with Crippen LogP contribution in [0.3, 0.4) is 0 Å². The van der Waals surface area contributed by atoms with Crippen LogP contribution in [0.15, 0.2) is 23.1 Å². The predicted octanol–water partition coefficient (Wildman–Crippen LogP) is 1.35. The molecule has 0 fully saturated rings. The van der Waals surface area contributed by atoms with E-state index in [4.69, 9.17) is 0 Å². The number of hydrogen-bond donors (Lipinski definition) is 1. The molecule has 0 spiro atoms. The molecular weight excluding hydrogens is 164 g/mol. The average Bonchev–Trinajstić information content (AvgIpc) is 2.12. The zero-order valence-electron chi connectivity index (χ0n) is 7.74. The third-order valence-corrected chi connectivity index (χ3v) is 2.52. The summed E-state index contributed by atoms with van der Waals surface area (Å²) >= 11 is 0. The fourth-order valence-corrected chi connectivity index (χ4v) is 1.54. The average molecular weight is 176 g/mol. The lowest BCUT2D eigenvalue weighted by Crippen LogP contribution is -2.22. The van der Waals surface area contributed by atoms with Crippen LogP contribution in [0, 0.1) is 0 Å². The maximum atomic E-state index is 11.0. The molecule has 0 saturated carbocycles. The van der Waals surface area contributed by atoms with Gasteiger partial charge < -0.3 is 9.88 Å². The number of pyridine rings is 1. The van der Waals surface area contributed by atoms with Crippen LogP contribution in [0.2, 0.25) is 0 Å². The Bertz CT molecular complexity index is 406. The van der Waals surface area contributed by atoms with Gasteiger partial charge in [-0.05, 0) is 24.6 Å². The third-order valence-electron chi connectivity index (χ3n) is 2.52. The predicted molar refractivity (Wildman–Crippen MR) is 52.3 cm³/mol. The summed E-state index contributed by atoms with van der Waals surface area (Å²) in [5.41, 5.74) is 2.06. The number of nitrogens with zero attached hydrogens (tertiary/aromatic N) is 1. The Labute approximate surface area is 76.7 Å². The van der Waals surface area contributed by atoms with Crippen molar-refractivity contribution in [2.45, 2.75) is 13.0 Å². The number of fused-ring (bicyclic) bond motifs is 1. The second-order valence-electron chi connectivity index (χ2n) is 3.35. The molecule has 1 atom stereocenters. The van der Waals surface area contributed by atoms with Gasteiger partial charge in [-0.25, -0.2) is 0 Å². The second-order valence-corrected chi connectivity index (χ2v) is 3.35. The van der Waals surface area contributed by atoms with E-state index in [1.165, 1.54) is 5.56 Å². The molecule has 1 aliphatic heterocycles. The third kappa shape index (κ3) is 1.26. The standard InChI is InChI=1S/C10H12N2O/c1-7-8-3-4-10(13)11-9(8)5-6-12(7)2/h3-7H,1-2H3,(H,11,13). The van der Waals surface area contributed by atoms with E-state index >= 15 is 0 Å². The van der Waals surface area contributed by atoms with E-state index in [2.05, 4.69) is 16.8 Å². The molecule has 3 nitrogen and oxygen atoms in total. The molecule has 1 aliphatic rings. The Kier molecular flexibility index (Phi) is 1.72. The van der Waals surface area contributed by atoms with E-state index in [0.29, 0.717) is 6.04 Å². The fraction of sp³-hybridized carbons (Fsp3) is 0.300. The van der Waals surface area contributed by atoms with Crippen molar-refractivity contribution in [3.63, 3.8) is 0 Å². The minimum Gasteiger partial charge on any atom is -0.374 e. The Balaban J connectivity index is 2.59. The normalized spacial score (nSPS) is 20.2. The molecule has 0 bridgehead atoms. The molecule has 3 heteroatoms. The minimum absolute atomic E-state index is 0.0415. The van der Waals surface area contributed by atoms with E-state index < -0.39 is 0 Å². The van der Waals surface area contributed by atoms with Gasteiger partial charge in [0, 0.05) is 25.0 Å². The number of aromatic nitrogens is 1. The molecule has 1 aromatic rings. The Morgan fingerprint density at radius 2 is 2.23 bits per heavy atom. The maximum Gasteiger partial charge on any atom is 0.248 e. The lowest BCUT2D eigenvalue weighted by Gasteiger charge is -2.28. The first-order valence-electron chi connectivity index (χ1n) is 4.32. The molecule has 2 heterocycles. The van der Waals surface area contributed by atoms with Gasteiger partial charge in [-0.1, -0.05) is 0 Å². The first-order valence-corrected chi connectivity index (χ1v) is 4.32. The summed E-state index contributed by atoms with van der Waals surface area (Å²) in [5.74, 6) is 0. The number of nitrogens with one attached hydrogen (secondary N) is 1. The van der Waals surface area contributed by atoms with Crippen molar-refractivity contribution in [3.8, 4) is 0 Å². The van der Waals surface area contributed by atoms with Crippen LogP contribution in [-0.4, -0.2) is 16.9 Å². The number of rotatable bonds is 0. The monoisotopic (exact) mass is 176 g/mol. The smallest absolute Gasteiger partial charge is 0.248 e. The summed E-state index contributed by atoms with van der Waals surface area (Å²) in [6.45, 7) is 2.11. The van der Waals surface area contributed by atoms with Crippen molar-refractivity contribution >= 4 is 6.08 Å². The molecule has 1 unspecified atom stereocenters. The molecule has 68 valence electrons. The largest absolute Gasteiger partial charge is 0.374 e. The summed E-state index contributed by atoms with van der Waals surface area (Å²) in [6.07, 6.45) is 3.90. The molecule has 2 rings (SSSR count). The topological polar surface area (TPSA) is 36.1 Å². The number of H-pyrrole nitrogens is 1. The van der Waals surface area contributed by atoms with E-state index in [1.54, 1.807) is 6.07 Å². The molecule has 1 aromatic heterocycles. The van der Waals surface area contributed by atoms with Crippen LogP contribution in [0.25, 0.3) is 6.08 Å². The Hall–Kier alpha value is -1.51. The zero-order valence-corrected chi connectivity index (χ0v) is 7.74. The highest BCUT2D eigenvalue weighted by Gasteiger charge is 2.15. The lowest BCUT2D eigenvalue weighted by atomic mass is 10.0. The SMILES string of the molecule is CC1c2ccc(=O)[nH]c2C=CN1C. The van der Waals surface area contributed by atoms with Crippen LogP contribution < -0.4 is 5.56 Å². The summed E-state index contributed by atoms with van der Waals surface area (Å²) in [7, 11) is 2.02. The van der Waals surface area contributed by atoms with Crippen LogP contribution in [0.1, 0.15) is 24.2 Å². The molecular formula is C10H12N2O. The van der Waals surface area contributed by atoms with Crippen LogP contribution in [-0.2, 0) is 0 Å². The summed E-state index contributed by atoms with van der Waals surface area (Å²) < 4.78 is 0. The lowest BCUT2D eigenvalue weighted by molar-refractivity contribution is 0.356. The van der Waals surface area contributed by atoms with Crippen molar-refractivity contribution in [2.75, 3.05) is 7.05 Å². The fourth-order valence-electron chi connectivity index (χ4n) is 1.54. The number of aromatic amines is 1. The van der Waals surface area contributed by atoms with Gasteiger partial charge in [0.05, 0.1) is 6.04 Å². The van der Waals surface area contributed by atoms with Crippen LogP contribution in [0.5, 0.6) is 0 Å². The Morgan fingerprint density at radius 3 is 3.00 bits per heavy atom. The molecule has 13 heavy (non-hydrogen) atoms. The van der Waals surface area contributed by atoms with Crippen molar-refractivity contribution in [2.24, 2.45) is 0 Å². The number of hydrogen-bond acceptors (Lipinski definition) is 2. The van der Waals surface area contributed by atoms with E-state index in [-0.39, 0.29) is 5.56 Å². The van der Waals surface area contributed by atoms with Crippen molar-refractivity contribution in [3.05, 3.63) is 39.9 Å². The van der Waals surface area contributed by atoms with Gasteiger partial charge in [0.15, 0.2) is 0 Å². The van der Waals surface area contributed by atoms with Gasteiger partial charge in [-0.3, -0.25) is 4.79 Å². The van der Waals surface area contributed by atoms with Crippen molar-refractivity contribution in [1.29, 1.82) is 0 Å². The van der Waals surface area contributed by atoms with Crippen LogP contribution >= 0.6 is 0 Å². The zero-order chi connectivity index (χ0) is 9.42. The van der Waals surface area contributed by atoms with E-state index in [0.717, 1.165) is 5.69 Å². The summed E-state index contributed by atoms with van der Waals surface area (Å²) in [4.78, 5) is 15.9. The summed E-state index contributed by atoms with van der Waals surface area (Å²) in [6, 6.07) is 3.79. The van der Waals surface area contributed by atoms with E-state index in [1.807, 2.05) is 25.4 Å². The second kappa shape index (κ2) is 2.76. The first kappa shape index (κ1) is 8.10. The minimum atomic E-state index is -0.0415. The van der Waals surface area contributed by atoms with Crippen molar-refractivity contribution < 1.29 is 0 Å². The highest BCUT2D eigenvalue weighted by molar-refractivity contribution is 5.52. The quantitative estimate of drug-likeness (QED) is 0.647. The van der Waals surface area contributed by atoms with Gasteiger partial charge >= 0.3 is 0 Å². The Morgan fingerprint density at radius 1 is 1.46 bits per heavy atom.